The third-order valence-corrected chi connectivity index (χ3v) is 6.07. The molecule has 0 saturated carbocycles. The summed E-state index contributed by atoms with van der Waals surface area (Å²) in [7, 11) is 0. The van der Waals surface area contributed by atoms with Gasteiger partial charge in [0.2, 0.25) is 0 Å². The van der Waals surface area contributed by atoms with Gasteiger partial charge in [0.1, 0.15) is 17.2 Å². The fourth-order valence-corrected chi connectivity index (χ4v) is 4.81. The minimum Gasteiger partial charge on any atom is -0.456 e. The van der Waals surface area contributed by atoms with Crippen molar-refractivity contribution >= 4 is 28.3 Å². The second-order valence-electron chi connectivity index (χ2n) is 7.52. The molecule has 0 aromatic heterocycles. The maximum atomic E-state index is 12.1. The molecule has 0 fully saturated rings. The van der Waals surface area contributed by atoms with Crippen LogP contribution in [0.4, 0.5) is 0 Å². The molecule has 0 N–H and O–H groups in total. The van der Waals surface area contributed by atoms with E-state index in [2.05, 4.69) is 18.7 Å². The van der Waals surface area contributed by atoms with Crippen molar-refractivity contribution in [1.29, 1.82) is 0 Å². The molecule has 2 bridgehead atoms. The van der Waals surface area contributed by atoms with Crippen LogP contribution in [-0.4, -0.2) is 5.97 Å². The molecule has 0 heterocycles. The molecule has 2 aliphatic rings. The lowest BCUT2D eigenvalue weighted by Gasteiger charge is -2.23. The first-order valence-corrected chi connectivity index (χ1v) is 9.99. The van der Waals surface area contributed by atoms with Crippen molar-refractivity contribution < 1.29 is 14.3 Å². The number of carbonyl (C=O) groups excluding carboxylic acids is 1. The first-order chi connectivity index (χ1) is 14.1. The Bertz CT molecular complexity index is 1190. The minimum atomic E-state index is -0.478. The number of para-hydroxylation sites is 1. The van der Waals surface area contributed by atoms with Crippen LogP contribution in [0.15, 0.2) is 72.3 Å². The van der Waals surface area contributed by atoms with Crippen molar-refractivity contribution in [3.05, 3.63) is 89.0 Å². The van der Waals surface area contributed by atoms with Crippen LogP contribution in [0.3, 0.4) is 0 Å². The number of benzene rings is 3. The van der Waals surface area contributed by atoms with Crippen molar-refractivity contribution in [2.24, 2.45) is 0 Å². The van der Waals surface area contributed by atoms with Crippen LogP contribution in [-0.2, 0) is 4.79 Å². The molecule has 3 nitrogen and oxygen atoms in total. The van der Waals surface area contributed by atoms with E-state index >= 15 is 0 Å². The molecule has 2 atom stereocenters. The number of aryl methyl sites for hydroxylation is 1. The second-order valence-corrected chi connectivity index (χ2v) is 7.96. The van der Waals surface area contributed by atoms with Gasteiger partial charge in [0.25, 0.3) is 0 Å². The Morgan fingerprint density at radius 2 is 1.90 bits per heavy atom. The van der Waals surface area contributed by atoms with Gasteiger partial charge in [-0.3, -0.25) is 0 Å². The molecular weight excluding hydrogens is 384 g/mol. The van der Waals surface area contributed by atoms with Crippen molar-refractivity contribution in [2.45, 2.75) is 25.2 Å². The summed E-state index contributed by atoms with van der Waals surface area (Å²) >= 11 is 6.53. The molecule has 5 rings (SSSR count). The first-order valence-electron chi connectivity index (χ1n) is 9.61. The number of carbonyl (C=O) groups is 1. The summed E-state index contributed by atoms with van der Waals surface area (Å²) in [5, 5.41) is 2.57. The van der Waals surface area contributed by atoms with E-state index < -0.39 is 5.97 Å². The normalized spacial score (nSPS) is 19.0. The van der Waals surface area contributed by atoms with E-state index in [1.54, 1.807) is 0 Å². The highest BCUT2D eigenvalue weighted by molar-refractivity contribution is 6.31. The van der Waals surface area contributed by atoms with E-state index in [0.29, 0.717) is 5.75 Å². The Hall–Kier alpha value is -3.04. The first kappa shape index (κ1) is 18.0. The molecule has 4 heteroatoms. The second kappa shape index (κ2) is 6.78. The largest absolute Gasteiger partial charge is 0.456 e. The molecule has 0 aliphatic heterocycles. The third-order valence-electron chi connectivity index (χ3n) is 5.68. The third kappa shape index (κ3) is 2.85. The SMILES string of the molecule is C=CC(=O)Oc1c2c(c(Oc3ccccc3)c3cc(C)ccc13)C1C=C(Cl)C2C1. The van der Waals surface area contributed by atoms with Crippen LogP contribution in [0.25, 0.3) is 10.8 Å². The standard InChI is InChI=1S/C25H19ClO3/c1-3-21(27)29-24-17-10-9-14(2)11-18(17)25(28-16-7-5-4-6-8-16)22-15-12-19(23(22)24)20(26)13-15/h3-11,13,15,19H,1,12H2,2H3. The van der Waals surface area contributed by atoms with Crippen LogP contribution < -0.4 is 9.47 Å². The Labute approximate surface area is 174 Å². The van der Waals surface area contributed by atoms with Crippen LogP contribution in [0.2, 0.25) is 0 Å². The highest BCUT2D eigenvalue weighted by Crippen LogP contribution is 2.61. The van der Waals surface area contributed by atoms with E-state index in [0.717, 1.165) is 50.4 Å². The molecule has 0 amide bonds. The summed E-state index contributed by atoms with van der Waals surface area (Å²) in [6.45, 7) is 5.58. The minimum absolute atomic E-state index is 0.0214. The van der Waals surface area contributed by atoms with E-state index in [-0.39, 0.29) is 11.8 Å². The molecule has 29 heavy (non-hydrogen) atoms. The summed E-state index contributed by atoms with van der Waals surface area (Å²) in [6.07, 6.45) is 4.14. The lowest BCUT2D eigenvalue weighted by atomic mass is 9.90. The van der Waals surface area contributed by atoms with E-state index in [9.17, 15) is 4.79 Å². The Morgan fingerprint density at radius 3 is 2.66 bits per heavy atom. The number of halogens is 1. The molecule has 0 spiro atoms. The van der Waals surface area contributed by atoms with E-state index in [4.69, 9.17) is 21.1 Å². The maximum Gasteiger partial charge on any atom is 0.335 e. The molecule has 3 aromatic carbocycles. The summed E-state index contributed by atoms with van der Waals surface area (Å²) in [5.41, 5.74) is 3.13. The number of hydrogen-bond donors (Lipinski definition) is 0. The van der Waals surface area contributed by atoms with Crippen molar-refractivity contribution in [1.82, 2.24) is 0 Å². The number of fused-ring (bicyclic) bond motifs is 6. The highest BCUT2D eigenvalue weighted by Gasteiger charge is 2.43. The lowest BCUT2D eigenvalue weighted by molar-refractivity contribution is -0.128. The van der Waals surface area contributed by atoms with Gasteiger partial charge in [-0.15, -0.1) is 0 Å². The average Bonchev–Trinajstić information content (AvgIpc) is 3.28. The van der Waals surface area contributed by atoms with Gasteiger partial charge in [-0.2, -0.15) is 0 Å². The smallest absolute Gasteiger partial charge is 0.335 e. The fraction of sp³-hybridized carbons (Fsp3) is 0.160. The van der Waals surface area contributed by atoms with Crippen molar-refractivity contribution in [3.8, 4) is 17.2 Å². The Kier molecular flexibility index (Phi) is 4.21. The van der Waals surface area contributed by atoms with Gasteiger partial charge < -0.3 is 9.47 Å². The maximum absolute atomic E-state index is 12.1. The lowest BCUT2D eigenvalue weighted by Crippen LogP contribution is -2.10. The predicted octanol–water partition coefficient (Wildman–Crippen LogP) is 6.74. The quantitative estimate of drug-likeness (QED) is 0.275. The van der Waals surface area contributed by atoms with Gasteiger partial charge in [-0.1, -0.05) is 60.2 Å². The van der Waals surface area contributed by atoms with Gasteiger partial charge in [-0.25, -0.2) is 4.79 Å². The molecule has 3 aromatic rings. The number of rotatable bonds is 4. The monoisotopic (exact) mass is 402 g/mol. The van der Waals surface area contributed by atoms with Crippen molar-refractivity contribution in [3.63, 3.8) is 0 Å². The number of esters is 1. The highest BCUT2D eigenvalue weighted by atomic mass is 35.5. The molecule has 0 saturated heterocycles. The fourth-order valence-electron chi connectivity index (χ4n) is 4.46. The molecule has 2 unspecified atom stereocenters. The average molecular weight is 403 g/mol. The van der Waals surface area contributed by atoms with Gasteiger partial charge in [0.05, 0.1) is 0 Å². The molecule has 0 radical (unpaired) electrons. The summed E-state index contributed by atoms with van der Waals surface area (Å²) in [4.78, 5) is 12.1. The topological polar surface area (TPSA) is 35.5 Å². The van der Waals surface area contributed by atoms with Crippen LogP contribution in [0, 0.1) is 6.92 Å². The zero-order chi connectivity index (χ0) is 20.1. The Balaban J connectivity index is 1.82. The molecule has 2 aliphatic carbocycles. The zero-order valence-corrected chi connectivity index (χ0v) is 16.7. The van der Waals surface area contributed by atoms with Crippen LogP contribution >= 0.6 is 11.6 Å². The van der Waals surface area contributed by atoms with Gasteiger partial charge in [0, 0.05) is 44.8 Å². The zero-order valence-electron chi connectivity index (χ0n) is 15.9. The summed E-state index contributed by atoms with van der Waals surface area (Å²) in [6, 6.07) is 15.8. The summed E-state index contributed by atoms with van der Waals surface area (Å²) < 4.78 is 12.2. The molecule has 144 valence electrons. The van der Waals surface area contributed by atoms with E-state index in [1.807, 2.05) is 49.4 Å². The van der Waals surface area contributed by atoms with Crippen molar-refractivity contribution in [2.75, 3.05) is 0 Å². The number of ether oxygens (including phenoxy) is 2. The van der Waals surface area contributed by atoms with Crippen LogP contribution in [0.1, 0.15) is 34.9 Å². The van der Waals surface area contributed by atoms with Gasteiger partial charge >= 0.3 is 5.97 Å². The number of hydrogen-bond acceptors (Lipinski definition) is 3. The van der Waals surface area contributed by atoms with Gasteiger partial charge in [-0.05, 0) is 31.5 Å². The molecular formula is C25H19ClO3. The Morgan fingerprint density at radius 1 is 1.10 bits per heavy atom. The van der Waals surface area contributed by atoms with Gasteiger partial charge in [0.15, 0.2) is 0 Å². The van der Waals surface area contributed by atoms with E-state index in [1.165, 1.54) is 6.08 Å². The predicted molar refractivity (Wildman–Crippen MR) is 115 cm³/mol. The number of allylic oxidation sites excluding steroid dienone is 2. The summed E-state index contributed by atoms with van der Waals surface area (Å²) in [5.74, 6) is 1.84. The van der Waals surface area contributed by atoms with Crippen LogP contribution in [0.5, 0.6) is 17.2 Å².